The fraction of sp³-hybridized carbons (Fsp3) is 0.300. The molecule has 0 saturated heterocycles. The van der Waals surface area contributed by atoms with Crippen molar-refractivity contribution in [3.63, 3.8) is 0 Å². The summed E-state index contributed by atoms with van der Waals surface area (Å²) in [5.41, 5.74) is 1.72. The Balaban J connectivity index is 2.03. The highest BCUT2D eigenvalue weighted by Crippen LogP contribution is 2.26. The molecule has 2 atom stereocenters. The predicted molar refractivity (Wildman–Crippen MR) is 102 cm³/mol. The number of rotatable bonds is 7. The molecule has 0 aliphatic heterocycles. The lowest BCUT2D eigenvalue weighted by Crippen LogP contribution is -2.30. The fourth-order valence-corrected chi connectivity index (χ4v) is 2.50. The fourth-order valence-electron chi connectivity index (χ4n) is 2.50. The van der Waals surface area contributed by atoms with Crippen LogP contribution in [0.15, 0.2) is 48.5 Å². The normalized spacial score (nSPS) is 12.7. The van der Waals surface area contributed by atoms with E-state index in [1.165, 1.54) is 31.2 Å². The molecule has 27 heavy (non-hydrogen) atoms. The van der Waals surface area contributed by atoms with E-state index < -0.39 is 22.9 Å². The molecular weight excluding hydrogens is 348 g/mol. The first-order valence-electron chi connectivity index (χ1n) is 8.68. The molecule has 0 radical (unpaired) electrons. The number of nitrogens with zero attached hydrogens (tertiary/aromatic N) is 1. The van der Waals surface area contributed by atoms with Gasteiger partial charge < -0.3 is 10.1 Å². The predicted octanol–water partition coefficient (Wildman–Crippen LogP) is 4.29. The van der Waals surface area contributed by atoms with Crippen LogP contribution in [0.2, 0.25) is 0 Å². The Bertz CT molecular complexity index is 833. The lowest BCUT2D eigenvalue weighted by molar-refractivity contribution is -0.384. The number of nitro groups is 1. The van der Waals surface area contributed by atoms with Gasteiger partial charge in [0.2, 0.25) is 0 Å². The van der Waals surface area contributed by atoms with E-state index in [2.05, 4.69) is 19.2 Å². The number of carbonyl (C=O) groups excluding carboxylic acids is 2. The third-order valence-electron chi connectivity index (χ3n) is 4.33. The molecule has 0 bridgehead atoms. The molecule has 0 heterocycles. The number of anilines is 1. The van der Waals surface area contributed by atoms with E-state index in [1.54, 1.807) is 0 Å². The van der Waals surface area contributed by atoms with Crippen LogP contribution in [0.5, 0.6) is 0 Å². The van der Waals surface area contributed by atoms with Crippen LogP contribution < -0.4 is 5.32 Å². The quantitative estimate of drug-likeness (QED) is 0.445. The van der Waals surface area contributed by atoms with Crippen molar-refractivity contribution in [1.82, 2.24) is 0 Å². The molecule has 2 aromatic rings. The molecule has 0 aliphatic carbocycles. The van der Waals surface area contributed by atoms with E-state index in [0.717, 1.165) is 12.0 Å². The largest absolute Gasteiger partial charge is 0.449 e. The number of non-ortho nitro benzene ring substituents is 1. The van der Waals surface area contributed by atoms with Crippen LogP contribution in [0.1, 0.15) is 49.0 Å². The summed E-state index contributed by atoms with van der Waals surface area (Å²) in [6.45, 7) is 5.62. The third-order valence-corrected chi connectivity index (χ3v) is 4.33. The number of hydrogen-bond acceptors (Lipinski definition) is 5. The number of ether oxygens (including phenoxy) is 1. The van der Waals surface area contributed by atoms with Gasteiger partial charge in [0.1, 0.15) is 0 Å². The number of nitrogens with one attached hydrogen (secondary N) is 1. The van der Waals surface area contributed by atoms with Crippen molar-refractivity contribution in [2.24, 2.45) is 0 Å². The number of carbonyl (C=O) groups is 2. The van der Waals surface area contributed by atoms with Gasteiger partial charge in [-0.1, -0.05) is 32.0 Å². The summed E-state index contributed by atoms with van der Waals surface area (Å²) in [6, 6.07) is 12.5. The maximum absolute atomic E-state index is 12.4. The van der Waals surface area contributed by atoms with Crippen LogP contribution in [0.3, 0.4) is 0 Å². The second kappa shape index (κ2) is 8.93. The second-order valence-corrected chi connectivity index (χ2v) is 6.24. The zero-order valence-corrected chi connectivity index (χ0v) is 15.5. The summed E-state index contributed by atoms with van der Waals surface area (Å²) in [6.07, 6.45) is -0.0879. The van der Waals surface area contributed by atoms with E-state index in [0.29, 0.717) is 5.69 Å². The van der Waals surface area contributed by atoms with Gasteiger partial charge in [-0.2, -0.15) is 0 Å². The molecule has 7 heteroatoms. The summed E-state index contributed by atoms with van der Waals surface area (Å²) in [7, 11) is 0. The molecule has 0 fully saturated rings. The lowest BCUT2D eigenvalue weighted by Gasteiger charge is -2.18. The molecule has 0 aromatic heterocycles. The van der Waals surface area contributed by atoms with Gasteiger partial charge in [0.15, 0.2) is 6.10 Å². The molecule has 2 rings (SSSR count). The van der Waals surface area contributed by atoms with Gasteiger partial charge >= 0.3 is 5.97 Å². The molecule has 142 valence electrons. The lowest BCUT2D eigenvalue weighted by atomic mass is 9.97. The van der Waals surface area contributed by atoms with Crippen LogP contribution in [0, 0.1) is 10.1 Å². The summed E-state index contributed by atoms with van der Waals surface area (Å²) in [4.78, 5) is 34.7. The Kier molecular flexibility index (Phi) is 6.65. The second-order valence-electron chi connectivity index (χ2n) is 6.24. The number of esters is 1. The standard InChI is InChI=1S/C20H22N2O5/c1-4-13(2)17-7-5-6-8-18(17)21-19(23)14(3)27-20(24)15-9-11-16(12-10-15)22(25)26/h5-14H,4H2,1-3H3,(H,21,23). The van der Waals surface area contributed by atoms with Gasteiger partial charge in [0, 0.05) is 17.8 Å². The number of nitro benzene ring substituents is 1. The van der Waals surface area contributed by atoms with Crippen molar-refractivity contribution in [3.05, 3.63) is 69.8 Å². The molecular formula is C20H22N2O5. The summed E-state index contributed by atoms with van der Waals surface area (Å²) in [5, 5.41) is 13.5. The number of para-hydroxylation sites is 1. The minimum atomic E-state index is -1.02. The highest BCUT2D eigenvalue weighted by molar-refractivity contribution is 5.97. The van der Waals surface area contributed by atoms with Crippen LogP contribution >= 0.6 is 0 Å². The molecule has 2 aromatic carbocycles. The average molecular weight is 370 g/mol. The average Bonchev–Trinajstić information content (AvgIpc) is 2.67. The highest BCUT2D eigenvalue weighted by atomic mass is 16.6. The number of hydrogen-bond donors (Lipinski definition) is 1. The summed E-state index contributed by atoms with van der Waals surface area (Å²) in [5.74, 6) is -0.886. The van der Waals surface area contributed by atoms with Gasteiger partial charge in [-0.15, -0.1) is 0 Å². The van der Waals surface area contributed by atoms with Crippen LogP contribution in [-0.2, 0) is 9.53 Å². The van der Waals surface area contributed by atoms with Gasteiger partial charge in [-0.3, -0.25) is 14.9 Å². The van der Waals surface area contributed by atoms with Crippen LogP contribution in [0.4, 0.5) is 11.4 Å². The summed E-state index contributed by atoms with van der Waals surface area (Å²) >= 11 is 0. The van der Waals surface area contributed by atoms with E-state index >= 15 is 0 Å². The number of amides is 1. The Morgan fingerprint density at radius 3 is 2.33 bits per heavy atom. The van der Waals surface area contributed by atoms with Gasteiger partial charge in [-0.25, -0.2) is 4.79 Å². The first kappa shape index (κ1) is 20.1. The molecule has 1 amide bonds. The molecule has 1 N–H and O–H groups in total. The van der Waals surface area contributed by atoms with Crippen molar-refractivity contribution in [3.8, 4) is 0 Å². The molecule has 2 unspecified atom stereocenters. The van der Waals surface area contributed by atoms with Crippen molar-refractivity contribution in [1.29, 1.82) is 0 Å². The van der Waals surface area contributed by atoms with Crippen molar-refractivity contribution in [2.75, 3.05) is 5.32 Å². The minimum Gasteiger partial charge on any atom is -0.449 e. The topological polar surface area (TPSA) is 98.5 Å². The summed E-state index contributed by atoms with van der Waals surface area (Å²) < 4.78 is 5.18. The first-order chi connectivity index (χ1) is 12.8. The van der Waals surface area contributed by atoms with Crippen molar-refractivity contribution >= 4 is 23.3 Å². The van der Waals surface area contributed by atoms with E-state index in [-0.39, 0.29) is 17.2 Å². The SMILES string of the molecule is CCC(C)c1ccccc1NC(=O)C(C)OC(=O)c1ccc([N+](=O)[O-])cc1. The number of benzene rings is 2. The van der Waals surface area contributed by atoms with Gasteiger partial charge in [-0.05, 0) is 43.0 Å². The Hall–Kier alpha value is -3.22. The van der Waals surface area contributed by atoms with Crippen LogP contribution in [-0.4, -0.2) is 22.9 Å². The maximum atomic E-state index is 12.4. The third kappa shape index (κ3) is 5.13. The Labute approximate surface area is 157 Å². The zero-order valence-electron chi connectivity index (χ0n) is 15.5. The highest BCUT2D eigenvalue weighted by Gasteiger charge is 2.21. The molecule has 7 nitrogen and oxygen atoms in total. The molecule has 0 aliphatic rings. The molecule has 0 saturated carbocycles. The van der Waals surface area contributed by atoms with Crippen LogP contribution in [0.25, 0.3) is 0 Å². The maximum Gasteiger partial charge on any atom is 0.338 e. The van der Waals surface area contributed by atoms with E-state index in [9.17, 15) is 19.7 Å². The van der Waals surface area contributed by atoms with Crippen molar-refractivity contribution < 1.29 is 19.2 Å². The van der Waals surface area contributed by atoms with E-state index in [4.69, 9.17) is 4.74 Å². The van der Waals surface area contributed by atoms with Gasteiger partial charge in [0.25, 0.3) is 11.6 Å². The van der Waals surface area contributed by atoms with Crippen molar-refractivity contribution in [2.45, 2.75) is 39.2 Å². The Morgan fingerprint density at radius 1 is 1.11 bits per heavy atom. The Morgan fingerprint density at radius 2 is 1.74 bits per heavy atom. The zero-order chi connectivity index (χ0) is 20.0. The minimum absolute atomic E-state index is 0.126. The first-order valence-corrected chi connectivity index (χ1v) is 8.68. The monoisotopic (exact) mass is 370 g/mol. The van der Waals surface area contributed by atoms with E-state index in [1.807, 2.05) is 24.3 Å². The smallest absolute Gasteiger partial charge is 0.338 e. The molecule has 0 spiro atoms. The van der Waals surface area contributed by atoms with Gasteiger partial charge in [0.05, 0.1) is 10.5 Å².